The lowest BCUT2D eigenvalue weighted by Gasteiger charge is -2.59. The Hall–Kier alpha value is -2.06. The van der Waals surface area contributed by atoms with Crippen LogP contribution in [-0.2, 0) is 9.47 Å². The normalized spacial score (nSPS) is 39.3. The fourth-order valence-electron chi connectivity index (χ4n) is 9.10. The summed E-state index contributed by atoms with van der Waals surface area (Å²) < 4.78 is 84.2. The van der Waals surface area contributed by atoms with E-state index in [1.165, 1.54) is 6.92 Å². The van der Waals surface area contributed by atoms with Crippen molar-refractivity contribution < 1.29 is 41.6 Å². The molecule has 42 heavy (non-hydrogen) atoms. The summed E-state index contributed by atoms with van der Waals surface area (Å²) in [4.78, 5) is 0. The summed E-state index contributed by atoms with van der Waals surface area (Å²) in [6.07, 6.45) is -4.82. The first-order valence-corrected chi connectivity index (χ1v) is 14.8. The molecule has 0 radical (unpaired) electrons. The number of aliphatic hydroxyl groups is 2. The number of halogens is 5. The molecule has 6 rings (SSSR count). The van der Waals surface area contributed by atoms with E-state index in [1.807, 2.05) is 13.8 Å². The highest BCUT2D eigenvalue weighted by atomic mass is 19.4. The van der Waals surface area contributed by atoms with E-state index in [0.29, 0.717) is 50.0 Å². The largest absolute Gasteiger partial charge is 0.456 e. The van der Waals surface area contributed by atoms with E-state index in [4.69, 9.17) is 9.47 Å². The van der Waals surface area contributed by atoms with E-state index in [1.54, 1.807) is 24.3 Å². The van der Waals surface area contributed by atoms with E-state index >= 15 is 8.78 Å². The van der Waals surface area contributed by atoms with Crippen molar-refractivity contribution in [3.63, 3.8) is 0 Å². The van der Waals surface area contributed by atoms with Crippen molar-refractivity contribution in [1.29, 1.82) is 5.26 Å². The maximum atomic E-state index is 15.2. The molecule has 4 fully saturated rings. The molecule has 3 saturated carbocycles. The van der Waals surface area contributed by atoms with Crippen LogP contribution in [0.15, 0.2) is 35.4 Å². The smallest absolute Gasteiger partial charge is 0.385 e. The van der Waals surface area contributed by atoms with Gasteiger partial charge in [0.25, 0.3) is 0 Å². The van der Waals surface area contributed by atoms with Gasteiger partial charge in [-0.2, -0.15) is 27.2 Å². The van der Waals surface area contributed by atoms with Crippen molar-refractivity contribution in [2.75, 3.05) is 13.2 Å². The van der Waals surface area contributed by atoms with Gasteiger partial charge in [0.2, 0.25) is 0 Å². The quantitative estimate of drug-likeness (QED) is 0.291. The fourth-order valence-corrected chi connectivity index (χ4v) is 9.10. The molecule has 2 N–H and O–H groups in total. The minimum atomic E-state index is -5.90. The highest BCUT2D eigenvalue weighted by molar-refractivity contribution is 5.45. The van der Waals surface area contributed by atoms with Crippen LogP contribution in [0, 0.1) is 34.0 Å². The molecule has 1 spiro atoms. The third kappa shape index (κ3) is 4.13. The molecule has 5 nitrogen and oxygen atoms in total. The summed E-state index contributed by atoms with van der Waals surface area (Å²) in [5.41, 5.74) is -3.69. The molecule has 0 aromatic heterocycles. The standard InChI is InChI=1S/C32H38F5NO4/c1-26(2)17-41-29(42-18-26)12-9-24-25-21(8-11-28(24,39)16-29)23-10-13-30(40,31(33,34)32(35,36)37)27(23,3)14-22(25)20-6-4-19(15-38)5-7-20/h4-7,21-23,39-40H,8-14,16-18H2,1-3H3/t21?,22-,23?,27?,28?,30?/m1/s1. The summed E-state index contributed by atoms with van der Waals surface area (Å²) in [7, 11) is 0. The molecular weight excluding hydrogens is 557 g/mol. The number of alkyl halides is 5. The minimum Gasteiger partial charge on any atom is -0.385 e. The van der Waals surface area contributed by atoms with Gasteiger partial charge in [0, 0.05) is 29.6 Å². The van der Waals surface area contributed by atoms with Crippen molar-refractivity contribution in [2.24, 2.45) is 22.7 Å². The number of nitrogens with zero attached hydrogens (tertiary/aromatic N) is 1. The molecule has 0 bridgehead atoms. The first-order chi connectivity index (χ1) is 19.4. The molecule has 1 aromatic rings. The minimum absolute atomic E-state index is 0.0316. The Morgan fingerprint density at radius 1 is 0.929 bits per heavy atom. The second-order valence-corrected chi connectivity index (χ2v) is 14.4. The second kappa shape index (κ2) is 9.23. The number of allylic oxidation sites excluding steroid dienone is 1. The maximum absolute atomic E-state index is 15.2. The molecule has 5 unspecified atom stereocenters. The van der Waals surface area contributed by atoms with Gasteiger partial charge in [0.1, 0.15) is 5.60 Å². The van der Waals surface area contributed by atoms with Gasteiger partial charge in [-0.1, -0.05) is 38.5 Å². The van der Waals surface area contributed by atoms with Crippen LogP contribution in [0.25, 0.3) is 0 Å². The Morgan fingerprint density at radius 3 is 2.17 bits per heavy atom. The SMILES string of the molecule is CC1(C)COC2(CCC3=C4C(CCC3(O)C2)C2CCC(O)(C(F)(F)C(F)(F)F)C2(C)C[C@@H]4c2ccc(C#N)cc2)OC1. The Labute approximate surface area is 242 Å². The Balaban J connectivity index is 1.46. The van der Waals surface area contributed by atoms with Crippen LogP contribution < -0.4 is 0 Å². The van der Waals surface area contributed by atoms with Crippen LogP contribution >= 0.6 is 0 Å². The number of hydrogen-bond acceptors (Lipinski definition) is 5. The van der Waals surface area contributed by atoms with Gasteiger partial charge in [-0.05, 0) is 73.6 Å². The predicted molar refractivity (Wildman–Crippen MR) is 142 cm³/mol. The van der Waals surface area contributed by atoms with Gasteiger partial charge in [-0.25, -0.2) is 0 Å². The number of nitriles is 1. The number of hydrogen-bond donors (Lipinski definition) is 2. The van der Waals surface area contributed by atoms with Gasteiger partial charge in [-0.3, -0.25) is 0 Å². The lowest BCUT2D eigenvalue weighted by Crippen LogP contribution is -2.65. The van der Waals surface area contributed by atoms with E-state index in [2.05, 4.69) is 6.07 Å². The van der Waals surface area contributed by atoms with Crippen LogP contribution in [0.3, 0.4) is 0 Å². The van der Waals surface area contributed by atoms with E-state index in [0.717, 1.165) is 11.1 Å². The van der Waals surface area contributed by atoms with Gasteiger partial charge >= 0.3 is 12.1 Å². The molecule has 0 amide bonds. The molecule has 4 aliphatic carbocycles. The van der Waals surface area contributed by atoms with E-state index in [9.17, 15) is 28.6 Å². The zero-order chi connectivity index (χ0) is 30.6. The molecule has 5 aliphatic rings. The topological polar surface area (TPSA) is 82.7 Å². The lowest BCUT2D eigenvalue weighted by atomic mass is 9.49. The van der Waals surface area contributed by atoms with Gasteiger partial charge in [0.05, 0.1) is 30.4 Å². The number of benzene rings is 1. The molecule has 10 heteroatoms. The van der Waals surface area contributed by atoms with Crippen molar-refractivity contribution in [3.8, 4) is 6.07 Å². The summed E-state index contributed by atoms with van der Waals surface area (Å²) in [5.74, 6) is -7.83. The number of fused-ring (bicyclic) bond motifs is 4. The fraction of sp³-hybridized carbons (Fsp3) is 0.719. The zero-order valence-corrected chi connectivity index (χ0v) is 24.2. The van der Waals surface area contributed by atoms with Gasteiger partial charge in [-0.15, -0.1) is 0 Å². The Bertz CT molecular complexity index is 1320. The van der Waals surface area contributed by atoms with Crippen LogP contribution in [0.2, 0.25) is 0 Å². The van der Waals surface area contributed by atoms with Crippen molar-refractivity contribution >= 4 is 0 Å². The molecule has 6 atom stereocenters. The highest BCUT2D eigenvalue weighted by Crippen LogP contribution is 2.71. The third-order valence-corrected chi connectivity index (χ3v) is 11.3. The Kier molecular flexibility index (Phi) is 6.59. The lowest BCUT2D eigenvalue weighted by molar-refractivity contribution is -0.362. The molecule has 1 heterocycles. The van der Waals surface area contributed by atoms with Crippen LogP contribution in [0.1, 0.15) is 89.2 Å². The average molecular weight is 596 g/mol. The first kappa shape index (κ1) is 30.0. The second-order valence-electron chi connectivity index (χ2n) is 14.4. The monoisotopic (exact) mass is 595 g/mol. The Morgan fingerprint density at radius 2 is 1.57 bits per heavy atom. The summed E-state index contributed by atoms with van der Waals surface area (Å²) in [5, 5.41) is 32.9. The van der Waals surface area contributed by atoms with Gasteiger partial charge < -0.3 is 19.7 Å². The molecule has 1 aliphatic heterocycles. The molecule has 1 aromatic carbocycles. The average Bonchev–Trinajstić information content (AvgIpc) is 3.20. The van der Waals surface area contributed by atoms with Crippen LogP contribution in [0.4, 0.5) is 22.0 Å². The summed E-state index contributed by atoms with van der Waals surface area (Å²) in [6, 6.07) is 8.68. The van der Waals surface area contributed by atoms with E-state index < -0.39 is 52.8 Å². The molecular formula is C32H38F5NO4. The van der Waals surface area contributed by atoms with E-state index in [-0.39, 0.29) is 30.6 Å². The first-order valence-electron chi connectivity index (χ1n) is 14.8. The van der Waals surface area contributed by atoms with Crippen molar-refractivity contribution in [2.45, 2.75) is 107 Å². The molecule has 230 valence electrons. The third-order valence-electron chi connectivity index (χ3n) is 11.3. The number of ether oxygens (including phenoxy) is 2. The predicted octanol–water partition coefficient (Wildman–Crippen LogP) is 6.78. The molecule has 1 saturated heterocycles. The van der Waals surface area contributed by atoms with Crippen LogP contribution in [-0.4, -0.2) is 52.5 Å². The van der Waals surface area contributed by atoms with Crippen molar-refractivity contribution in [3.05, 3.63) is 46.5 Å². The van der Waals surface area contributed by atoms with Crippen molar-refractivity contribution in [1.82, 2.24) is 0 Å². The maximum Gasteiger partial charge on any atom is 0.456 e. The summed E-state index contributed by atoms with van der Waals surface area (Å²) in [6.45, 7) is 6.45. The zero-order valence-electron chi connectivity index (χ0n) is 24.2. The highest BCUT2D eigenvalue weighted by Gasteiger charge is 2.79. The summed E-state index contributed by atoms with van der Waals surface area (Å²) >= 11 is 0. The van der Waals surface area contributed by atoms with Gasteiger partial charge in [0.15, 0.2) is 5.79 Å². The van der Waals surface area contributed by atoms with Crippen LogP contribution in [0.5, 0.6) is 0 Å². The number of rotatable bonds is 2.